The van der Waals surface area contributed by atoms with E-state index in [0.29, 0.717) is 0 Å². The fourth-order valence-electron chi connectivity index (χ4n) is 2.79. The van der Waals surface area contributed by atoms with Crippen LogP contribution in [0.1, 0.15) is 19.3 Å². The topological polar surface area (TPSA) is 57.9 Å². The van der Waals surface area contributed by atoms with Crippen LogP contribution in [0.25, 0.3) is 11.0 Å². The maximum Gasteiger partial charge on any atom is 0.203 e. The van der Waals surface area contributed by atoms with Gasteiger partial charge in [0.05, 0.1) is 11.0 Å². The van der Waals surface area contributed by atoms with E-state index in [0.717, 1.165) is 61.8 Å². The van der Waals surface area contributed by atoms with E-state index in [4.69, 9.17) is 5.73 Å². The first kappa shape index (κ1) is 12.4. The van der Waals surface area contributed by atoms with Crippen molar-refractivity contribution in [3.63, 3.8) is 0 Å². The number of nitrogens with two attached hydrogens (primary N) is 1. The van der Waals surface area contributed by atoms with Gasteiger partial charge in [0.1, 0.15) is 5.82 Å². The Hall–Kier alpha value is -1.62. The van der Waals surface area contributed by atoms with E-state index >= 15 is 0 Å². The number of H-pyrrole nitrogens is 1. The summed E-state index contributed by atoms with van der Waals surface area (Å²) >= 11 is 0. The number of aromatic nitrogens is 2. The van der Waals surface area contributed by atoms with E-state index in [2.05, 4.69) is 14.9 Å². The van der Waals surface area contributed by atoms with Gasteiger partial charge in [-0.05, 0) is 49.9 Å². The highest BCUT2D eigenvalue weighted by Crippen LogP contribution is 2.25. The van der Waals surface area contributed by atoms with Gasteiger partial charge in [0.25, 0.3) is 0 Å². The highest BCUT2D eigenvalue weighted by atomic mass is 19.1. The molecule has 1 aromatic carbocycles. The molecule has 2 heterocycles. The molecule has 2 aromatic rings. The molecule has 0 amide bonds. The third-order valence-electron chi connectivity index (χ3n) is 3.92. The number of hydrogen-bond acceptors (Lipinski definition) is 3. The number of anilines is 1. The van der Waals surface area contributed by atoms with Crippen molar-refractivity contribution in [3.05, 3.63) is 24.0 Å². The van der Waals surface area contributed by atoms with Crippen LogP contribution in [0.2, 0.25) is 0 Å². The van der Waals surface area contributed by atoms with Crippen LogP contribution in [-0.2, 0) is 0 Å². The predicted molar refractivity (Wildman–Crippen MR) is 74.7 cm³/mol. The Morgan fingerprint density at radius 2 is 2.16 bits per heavy atom. The Bertz CT molecular complexity index is 558. The zero-order chi connectivity index (χ0) is 13.2. The van der Waals surface area contributed by atoms with Crippen LogP contribution in [-0.4, -0.2) is 29.6 Å². The molecule has 1 fully saturated rings. The average Bonchev–Trinajstić information content (AvgIpc) is 2.83. The van der Waals surface area contributed by atoms with Gasteiger partial charge in [0.15, 0.2) is 0 Å². The van der Waals surface area contributed by atoms with E-state index in [1.54, 1.807) is 6.07 Å². The Balaban J connectivity index is 1.74. The molecular formula is C14H19FN4. The lowest BCUT2D eigenvalue weighted by molar-refractivity contribution is 0.384. The SMILES string of the molecule is NCCC1CCN(c2nc3ccc(F)cc3[nH]2)CC1. The van der Waals surface area contributed by atoms with Crippen molar-refractivity contribution < 1.29 is 4.39 Å². The molecule has 3 rings (SSSR count). The normalized spacial score (nSPS) is 17.3. The summed E-state index contributed by atoms with van der Waals surface area (Å²) in [6.07, 6.45) is 3.42. The monoisotopic (exact) mass is 262 g/mol. The minimum absolute atomic E-state index is 0.232. The van der Waals surface area contributed by atoms with Crippen molar-refractivity contribution in [3.8, 4) is 0 Å². The van der Waals surface area contributed by atoms with Crippen molar-refractivity contribution in [2.75, 3.05) is 24.5 Å². The van der Waals surface area contributed by atoms with Crippen LogP contribution in [0.3, 0.4) is 0 Å². The summed E-state index contributed by atoms with van der Waals surface area (Å²) in [4.78, 5) is 9.97. The summed E-state index contributed by atoms with van der Waals surface area (Å²) in [7, 11) is 0. The number of fused-ring (bicyclic) bond motifs is 1. The van der Waals surface area contributed by atoms with Crippen LogP contribution >= 0.6 is 0 Å². The summed E-state index contributed by atoms with van der Waals surface area (Å²) in [5.74, 6) is 1.36. The Kier molecular flexibility index (Phi) is 3.38. The van der Waals surface area contributed by atoms with Gasteiger partial charge in [0.2, 0.25) is 5.95 Å². The van der Waals surface area contributed by atoms with Gasteiger partial charge in [-0.25, -0.2) is 9.37 Å². The third-order valence-corrected chi connectivity index (χ3v) is 3.92. The molecule has 0 atom stereocenters. The van der Waals surface area contributed by atoms with Crippen molar-refractivity contribution in [2.45, 2.75) is 19.3 Å². The van der Waals surface area contributed by atoms with Gasteiger partial charge in [-0.2, -0.15) is 0 Å². The van der Waals surface area contributed by atoms with Gasteiger partial charge in [0, 0.05) is 13.1 Å². The largest absolute Gasteiger partial charge is 0.342 e. The maximum absolute atomic E-state index is 13.2. The predicted octanol–water partition coefficient (Wildman–Crippen LogP) is 2.27. The van der Waals surface area contributed by atoms with E-state index in [-0.39, 0.29) is 5.82 Å². The van der Waals surface area contributed by atoms with Gasteiger partial charge in [-0.3, -0.25) is 0 Å². The van der Waals surface area contributed by atoms with Crippen LogP contribution < -0.4 is 10.6 Å². The summed E-state index contributed by atoms with van der Waals surface area (Å²) in [6, 6.07) is 4.65. The molecule has 0 spiro atoms. The molecule has 0 radical (unpaired) electrons. The Labute approximate surface area is 111 Å². The second kappa shape index (κ2) is 5.17. The molecule has 1 aliphatic heterocycles. The number of nitrogens with zero attached hydrogens (tertiary/aromatic N) is 2. The third kappa shape index (κ3) is 2.56. The van der Waals surface area contributed by atoms with Crippen molar-refractivity contribution in [1.29, 1.82) is 0 Å². The molecule has 0 unspecified atom stereocenters. The molecule has 0 bridgehead atoms. The number of aromatic amines is 1. The number of piperidine rings is 1. The average molecular weight is 262 g/mol. The molecule has 4 nitrogen and oxygen atoms in total. The molecule has 1 saturated heterocycles. The number of rotatable bonds is 3. The molecule has 0 saturated carbocycles. The highest BCUT2D eigenvalue weighted by Gasteiger charge is 2.20. The van der Waals surface area contributed by atoms with E-state index < -0.39 is 0 Å². The molecule has 1 aromatic heterocycles. The Morgan fingerprint density at radius 3 is 2.89 bits per heavy atom. The standard InChI is InChI=1S/C14H19FN4/c15-11-1-2-12-13(9-11)18-14(17-12)19-7-4-10(3-6-16)5-8-19/h1-2,9-10H,3-8,16H2,(H,17,18). The fourth-order valence-corrected chi connectivity index (χ4v) is 2.79. The maximum atomic E-state index is 13.2. The van der Waals surface area contributed by atoms with E-state index in [1.807, 2.05) is 0 Å². The first-order valence-corrected chi connectivity index (χ1v) is 6.86. The van der Waals surface area contributed by atoms with Crippen LogP contribution in [0.15, 0.2) is 18.2 Å². The lowest BCUT2D eigenvalue weighted by Gasteiger charge is -2.31. The first-order chi connectivity index (χ1) is 9.26. The number of benzene rings is 1. The second-order valence-corrected chi connectivity index (χ2v) is 5.23. The zero-order valence-electron chi connectivity index (χ0n) is 10.9. The lowest BCUT2D eigenvalue weighted by Crippen LogP contribution is -2.34. The van der Waals surface area contributed by atoms with Gasteiger partial charge in [-0.1, -0.05) is 0 Å². The second-order valence-electron chi connectivity index (χ2n) is 5.23. The fraction of sp³-hybridized carbons (Fsp3) is 0.500. The van der Waals surface area contributed by atoms with Crippen molar-refractivity contribution in [1.82, 2.24) is 9.97 Å². The van der Waals surface area contributed by atoms with Gasteiger partial charge >= 0.3 is 0 Å². The molecule has 5 heteroatoms. The van der Waals surface area contributed by atoms with Crippen molar-refractivity contribution in [2.24, 2.45) is 11.7 Å². The number of hydrogen-bond donors (Lipinski definition) is 2. The summed E-state index contributed by atoms with van der Waals surface area (Å²) in [5, 5.41) is 0. The molecule has 19 heavy (non-hydrogen) atoms. The molecule has 0 aliphatic carbocycles. The van der Waals surface area contributed by atoms with E-state index in [9.17, 15) is 4.39 Å². The number of imidazole rings is 1. The number of nitrogens with one attached hydrogen (secondary N) is 1. The number of halogens is 1. The highest BCUT2D eigenvalue weighted by molar-refractivity contribution is 5.77. The minimum Gasteiger partial charge on any atom is -0.342 e. The van der Waals surface area contributed by atoms with Crippen LogP contribution in [0.5, 0.6) is 0 Å². The summed E-state index contributed by atoms with van der Waals surface area (Å²) < 4.78 is 13.2. The van der Waals surface area contributed by atoms with Gasteiger partial charge in [-0.15, -0.1) is 0 Å². The smallest absolute Gasteiger partial charge is 0.203 e. The molecule has 1 aliphatic rings. The first-order valence-electron chi connectivity index (χ1n) is 6.86. The van der Waals surface area contributed by atoms with Crippen LogP contribution in [0.4, 0.5) is 10.3 Å². The van der Waals surface area contributed by atoms with Gasteiger partial charge < -0.3 is 15.6 Å². The van der Waals surface area contributed by atoms with Crippen molar-refractivity contribution >= 4 is 17.0 Å². The Morgan fingerprint density at radius 1 is 1.37 bits per heavy atom. The lowest BCUT2D eigenvalue weighted by atomic mass is 9.94. The minimum atomic E-state index is -0.232. The van der Waals surface area contributed by atoms with Crippen LogP contribution in [0, 0.1) is 11.7 Å². The summed E-state index contributed by atoms with van der Waals surface area (Å²) in [5.41, 5.74) is 7.19. The quantitative estimate of drug-likeness (QED) is 0.892. The molecule has 102 valence electrons. The van der Waals surface area contributed by atoms with E-state index in [1.165, 1.54) is 12.1 Å². The zero-order valence-corrected chi connectivity index (χ0v) is 10.9. The molecular weight excluding hydrogens is 243 g/mol. The molecule has 3 N–H and O–H groups in total. The summed E-state index contributed by atoms with van der Waals surface area (Å²) in [6.45, 7) is 2.76.